The van der Waals surface area contributed by atoms with Crippen molar-refractivity contribution in [2.45, 2.75) is 58.4 Å². The molecule has 1 aliphatic carbocycles. The van der Waals surface area contributed by atoms with Crippen LogP contribution in [0.3, 0.4) is 0 Å². The number of hydrogen-bond donors (Lipinski definition) is 2. The van der Waals surface area contributed by atoms with E-state index >= 15 is 0 Å². The zero-order chi connectivity index (χ0) is 15.7. The second-order valence-corrected chi connectivity index (χ2v) is 7.13. The Morgan fingerprint density at radius 1 is 1.41 bits per heavy atom. The van der Waals surface area contributed by atoms with Crippen molar-refractivity contribution in [2.24, 2.45) is 0 Å². The number of fused-ring (bicyclic) bond motifs is 2. The number of aryl methyl sites for hydroxylation is 2. The lowest BCUT2D eigenvalue weighted by molar-refractivity contribution is 0.0944. The largest absolute Gasteiger partial charge is 0.397 e. The molecule has 2 heterocycles. The fourth-order valence-corrected chi connectivity index (χ4v) is 3.90. The minimum Gasteiger partial charge on any atom is -0.397 e. The molecule has 4 nitrogen and oxygen atoms in total. The summed E-state index contributed by atoms with van der Waals surface area (Å²) >= 11 is 1.42. The molecular formula is C17H23N3OS. The van der Waals surface area contributed by atoms with Crippen molar-refractivity contribution in [2.75, 3.05) is 5.73 Å². The number of nitrogen functional groups attached to an aromatic ring is 1. The summed E-state index contributed by atoms with van der Waals surface area (Å²) in [6.45, 7) is 4.06. The Morgan fingerprint density at radius 3 is 2.95 bits per heavy atom. The summed E-state index contributed by atoms with van der Waals surface area (Å²) in [4.78, 5) is 18.7. The van der Waals surface area contributed by atoms with E-state index in [0.717, 1.165) is 29.5 Å². The van der Waals surface area contributed by atoms with Gasteiger partial charge < -0.3 is 11.1 Å². The van der Waals surface area contributed by atoms with Crippen LogP contribution in [0.2, 0.25) is 0 Å². The van der Waals surface area contributed by atoms with Crippen LogP contribution in [0.15, 0.2) is 6.07 Å². The van der Waals surface area contributed by atoms with E-state index in [-0.39, 0.29) is 11.9 Å². The first kappa shape index (κ1) is 15.3. The molecule has 0 bridgehead atoms. The number of nitrogens with zero attached hydrogens (tertiary/aromatic N) is 1. The van der Waals surface area contributed by atoms with E-state index in [1.807, 2.05) is 6.92 Å². The van der Waals surface area contributed by atoms with Crippen molar-refractivity contribution in [1.29, 1.82) is 0 Å². The number of nitrogens with two attached hydrogens (primary N) is 1. The van der Waals surface area contributed by atoms with E-state index in [2.05, 4.69) is 18.3 Å². The van der Waals surface area contributed by atoms with Crippen molar-refractivity contribution in [3.05, 3.63) is 22.2 Å². The molecule has 0 aliphatic heterocycles. The topological polar surface area (TPSA) is 68.0 Å². The number of carbonyl (C=O) groups excluding carboxylic acids is 1. The van der Waals surface area contributed by atoms with Gasteiger partial charge >= 0.3 is 0 Å². The van der Waals surface area contributed by atoms with E-state index in [1.54, 1.807) is 0 Å². The van der Waals surface area contributed by atoms with Gasteiger partial charge in [-0.05, 0) is 50.7 Å². The maximum atomic E-state index is 12.4. The molecule has 0 spiro atoms. The van der Waals surface area contributed by atoms with Gasteiger partial charge in [0.2, 0.25) is 0 Å². The van der Waals surface area contributed by atoms with Gasteiger partial charge in [-0.25, -0.2) is 4.98 Å². The molecule has 2 aromatic rings. The van der Waals surface area contributed by atoms with E-state index in [1.165, 1.54) is 41.9 Å². The number of aromatic nitrogens is 1. The van der Waals surface area contributed by atoms with Gasteiger partial charge in [-0.1, -0.05) is 13.3 Å². The van der Waals surface area contributed by atoms with Crippen molar-refractivity contribution in [1.82, 2.24) is 10.3 Å². The predicted octanol–water partition coefficient (Wildman–Crippen LogP) is 3.68. The van der Waals surface area contributed by atoms with Crippen LogP contribution in [-0.2, 0) is 12.8 Å². The first-order valence-corrected chi connectivity index (χ1v) is 8.93. The molecule has 1 atom stereocenters. The van der Waals surface area contributed by atoms with Crippen molar-refractivity contribution >= 4 is 33.1 Å². The van der Waals surface area contributed by atoms with Crippen LogP contribution in [0, 0.1) is 0 Å². The Labute approximate surface area is 135 Å². The van der Waals surface area contributed by atoms with E-state index in [9.17, 15) is 4.79 Å². The molecule has 0 aromatic carbocycles. The molecule has 0 fully saturated rings. The molecule has 3 rings (SSSR count). The third-order valence-electron chi connectivity index (χ3n) is 4.45. The highest BCUT2D eigenvalue weighted by Gasteiger charge is 2.20. The molecule has 5 heteroatoms. The summed E-state index contributed by atoms with van der Waals surface area (Å²) in [5, 5.41) is 3.94. The average molecular weight is 317 g/mol. The molecule has 1 unspecified atom stereocenters. The fourth-order valence-electron chi connectivity index (χ4n) is 2.90. The summed E-state index contributed by atoms with van der Waals surface area (Å²) in [7, 11) is 0. The summed E-state index contributed by atoms with van der Waals surface area (Å²) in [5.41, 5.74) is 9.33. The number of anilines is 1. The first-order valence-electron chi connectivity index (χ1n) is 8.11. The van der Waals surface area contributed by atoms with Gasteiger partial charge in [-0.15, -0.1) is 11.3 Å². The number of rotatable bonds is 3. The maximum Gasteiger partial charge on any atom is 0.263 e. The van der Waals surface area contributed by atoms with Gasteiger partial charge in [-0.3, -0.25) is 4.79 Å². The number of amides is 1. The summed E-state index contributed by atoms with van der Waals surface area (Å²) in [6.07, 6.45) is 6.70. The molecule has 1 amide bonds. The van der Waals surface area contributed by atoms with Crippen LogP contribution in [-0.4, -0.2) is 16.9 Å². The van der Waals surface area contributed by atoms with E-state index < -0.39 is 0 Å². The van der Waals surface area contributed by atoms with Gasteiger partial charge in [0.25, 0.3) is 5.91 Å². The molecular weight excluding hydrogens is 294 g/mol. The normalized spacial score (nSPS) is 16.1. The van der Waals surface area contributed by atoms with E-state index in [0.29, 0.717) is 10.6 Å². The van der Waals surface area contributed by atoms with Gasteiger partial charge in [-0.2, -0.15) is 0 Å². The molecule has 22 heavy (non-hydrogen) atoms. The molecule has 0 radical (unpaired) electrons. The highest BCUT2D eigenvalue weighted by atomic mass is 32.1. The summed E-state index contributed by atoms with van der Waals surface area (Å²) in [5.74, 6) is -0.0787. The lowest BCUT2D eigenvalue weighted by atomic mass is 10.1. The molecule has 0 saturated heterocycles. The number of thiophene rings is 1. The lowest BCUT2D eigenvalue weighted by Gasteiger charge is -2.10. The number of pyridine rings is 1. The zero-order valence-electron chi connectivity index (χ0n) is 13.2. The van der Waals surface area contributed by atoms with Crippen molar-refractivity contribution < 1.29 is 4.79 Å². The number of hydrogen-bond acceptors (Lipinski definition) is 4. The smallest absolute Gasteiger partial charge is 0.263 e. The lowest BCUT2D eigenvalue weighted by Crippen LogP contribution is -2.31. The van der Waals surface area contributed by atoms with Gasteiger partial charge in [0.1, 0.15) is 9.71 Å². The zero-order valence-corrected chi connectivity index (χ0v) is 14.1. The molecule has 0 saturated carbocycles. The maximum absolute atomic E-state index is 12.4. The predicted molar refractivity (Wildman–Crippen MR) is 92.5 cm³/mol. The Morgan fingerprint density at radius 2 is 2.18 bits per heavy atom. The summed E-state index contributed by atoms with van der Waals surface area (Å²) in [6, 6.07) is 2.32. The Hall–Kier alpha value is -1.62. The monoisotopic (exact) mass is 317 g/mol. The van der Waals surface area contributed by atoms with Crippen LogP contribution < -0.4 is 11.1 Å². The minimum absolute atomic E-state index is 0.0787. The average Bonchev–Trinajstić information content (AvgIpc) is 2.69. The van der Waals surface area contributed by atoms with Gasteiger partial charge in [0.15, 0.2) is 0 Å². The van der Waals surface area contributed by atoms with Gasteiger partial charge in [0.05, 0.1) is 5.69 Å². The van der Waals surface area contributed by atoms with Crippen molar-refractivity contribution in [3.63, 3.8) is 0 Å². The van der Waals surface area contributed by atoms with E-state index in [4.69, 9.17) is 10.7 Å². The fraction of sp³-hybridized carbons (Fsp3) is 0.529. The third-order valence-corrected chi connectivity index (χ3v) is 5.56. The molecule has 118 valence electrons. The Balaban J connectivity index is 2.00. The Bertz CT molecular complexity index is 707. The van der Waals surface area contributed by atoms with Crippen LogP contribution >= 0.6 is 11.3 Å². The second kappa shape index (κ2) is 6.24. The molecule has 2 aromatic heterocycles. The number of carbonyl (C=O) groups is 1. The number of nitrogens with one attached hydrogen (secondary N) is 1. The third kappa shape index (κ3) is 2.82. The quantitative estimate of drug-likeness (QED) is 0.849. The van der Waals surface area contributed by atoms with Crippen LogP contribution in [0.25, 0.3) is 10.2 Å². The van der Waals surface area contributed by atoms with Crippen LogP contribution in [0.5, 0.6) is 0 Å². The van der Waals surface area contributed by atoms with Crippen molar-refractivity contribution in [3.8, 4) is 0 Å². The molecule has 3 N–H and O–H groups in total. The minimum atomic E-state index is -0.0787. The van der Waals surface area contributed by atoms with Crippen LogP contribution in [0.4, 0.5) is 5.69 Å². The standard InChI is InChI=1S/C17H23N3OS/c1-3-10(2)19-16(21)15-14(18)12-9-11-7-5-4-6-8-13(11)20-17(12)22-15/h9-10H,3-8,18H2,1-2H3,(H,19,21). The Kier molecular flexibility index (Phi) is 4.34. The SMILES string of the molecule is CCC(C)NC(=O)c1sc2nc3c(cc2c1N)CCCCC3. The molecule has 1 aliphatic rings. The highest BCUT2D eigenvalue weighted by Crippen LogP contribution is 2.35. The second-order valence-electron chi connectivity index (χ2n) is 6.14. The van der Waals surface area contributed by atoms with Crippen LogP contribution in [0.1, 0.15) is 60.5 Å². The van der Waals surface area contributed by atoms with Gasteiger partial charge in [0, 0.05) is 17.1 Å². The first-order chi connectivity index (χ1) is 10.6. The highest BCUT2D eigenvalue weighted by molar-refractivity contribution is 7.21. The summed E-state index contributed by atoms with van der Waals surface area (Å²) < 4.78 is 0.